The Labute approximate surface area is 132 Å². The molecule has 3 fully saturated rings. The molecule has 4 unspecified atom stereocenters. The third kappa shape index (κ3) is 2.08. The molecule has 1 aromatic heterocycles. The third-order valence-electron chi connectivity index (χ3n) is 5.28. The molecule has 1 aromatic rings. The molecule has 4 rings (SSSR count). The minimum Gasteiger partial charge on any atom is -0.302 e. The predicted molar refractivity (Wildman–Crippen MR) is 81.1 cm³/mol. The summed E-state index contributed by atoms with van der Waals surface area (Å²) in [6.07, 6.45) is 6.02. The summed E-state index contributed by atoms with van der Waals surface area (Å²) in [6, 6.07) is 0. The van der Waals surface area contributed by atoms with Crippen molar-refractivity contribution in [2.24, 2.45) is 29.6 Å². The lowest BCUT2D eigenvalue weighted by molar-refractivity contribution is -0.117. The summed E-state index contributed by atoms with van der Waals surface area (Å²) in [6.45, 7) is 0. The van der Waals surface area contributed by atoms with Crippen molar-refractivity contribution in [3.05, 3.63) is 11.6 Å². The van der Waals surface area contributed by atoms with Gasteiger partial charge in [0, 0.05) is 17.5 Å². The van der Waals surface area contributed by atoms with Crippen LogP contribution in [0.1, 0.15) is 25.7 Å². The van der Waals surface area contributed by atoms with Crippen LogP contribution in [0.2, 0.25) is 0 Å². The summed E-state index contributed by atoms with van der Waals surface area (Å²) in [4.78, 5) is 16.4. The number of carbonyl (C=O) groups is 1. The van der Waals surface area contributed by atoms with E-state index >= 15 is 0 Å². The molecule has 0 bridgehead atoms. The minimum atomic E-state index is -0.477. The SMILES string of the molecule is O=C(Nc1nccs1)C1C2CCC3C(CCC21)C3(Cl)Cl. The van der Waals surface area contributed by atoms with Crippen molar-refractivity contribution >= 4 is 45.6 Å². The van der Waals surface area contributed by atoms with Crippen LogP contribution in [0.25, 0.3) is 0 Å². The molecule has 3 nitrogen and oxygen atoms in total. The fraction of sp³-hybridized carbons (Fsp3) is 0.714. The number of amides is 1. The van der Waals surface area contributed by atoms with Gasteiger partial charge < -0.3 is 5.32 Å². The highest BCUT2D eigenvalue weighted by molar-refractivity contribution is 7.13. The van der Waals surface area contributed by atoms with Gasteiger partial charge in [-0.3, -0.25) is 4.79 Å². The molecule has 1 N–H and O–H groups in total. The number of nitrogens with one attached hydrogen (secondary N) is 1. The molecule has 0 radical (unpaired) electrons. The number of anilines is 1. The number of hydrogen-bond acceptors (Lipinski definition) is 3. The average molecular weight is 331 g/mol. The number of alkyl halides is 2. The van der Waals surface area contributed by atoms with Crippen LogP contribution in [0, 0.1) is 29.6 Å². The average Bonchev–Trinajstić information content (AvgIpc) is 3.04. The van der Waals surface area contributed by atoms with Gasteiger partial charge >= 0.3 is 0 Å². The van der Waals surface area contributed by atoms with Gasteiger partial charge in [0.15, 0.2) is 5.13 Å². The van der Waals surface area contributed by atoms with Crippen LogP contribution in [0.4, 0.5) is 5.13 Å². The van der Waals surface area contributed by atoms with Gasteiger partial charge in [0.05, 0.1) is 0 Å². The standard InChI is InChI=1S/C14H16Cl2N2OS/c15-14(16)9-3-1-7-8(2-4-10(9)14)11(7)12(19)18-13-17-5-6-20-13/h5-11H,1-4H2,(H,17,18,19). The largest absolute Gasteiger partial charge is 0.302 e. The number of halogens is 2. The van der Waals surface area contributed by atoms with E-state index in [9.17, 15) is 4.79 Å². The van der Waals surface area contributed by atoms with Crippen LogP contribution < -0.4 is 5.32 Å². The van der Waals surface area contributed by atoms with Crippen LogP contribution in [-0.4, -0.2) is 15.2 Å². The molecule has 3 aliphatic carbocycles. The molecule has 0 saturated heterocycles. The fourth-order valence-corrected chi connectivity index (χ4v) is 5.54. The quantitative estimate of drug-likeness (QED) is 0.834. The van der Waals surface area contributed by atoms with E-state index in [4.69, 9.17) is 23.2 Å². The van der Waals surface area contributed by atoms with E-state index in [1.54, 1.807) is 6.20 Å². The van der Waals surface area contributed by atoms with E-state index in [-0.39, 0.29) is 11.8 Å². The van der Waals surface area contributed by atoms with Crippen LogP contribution in [-0.2, 0) is 4.79 Å². The number of carbonyl (C=O) groups excluding carboxylic acids is 1. The molecule has 0 aliphatic heterocycles. The fourth-order valence-electron chi connectivity index (χ4n) is 4.09. The Balaban J connectivity index is 1.38. The Hall–Kier alpha value is -0.320. The van der Waals surface area contributed by atoms with Crippen molar-refractivity contribution in [3.8, 4) is 0 Å². The summed E-state index contributed by atoms with van der Waals surface area (Å²) in [5, 5.41) is 5.52. The highest BCUT2D eigenvalue weighted by Crippen LogP contribution is 2.67. The van der Waals surface area contributed by atoms with Gasteiger partial charge in [0.25, 0.3) is 0 Å². The molecule has 1 amide bonds. The molecule has 1 heterocycles. The van der Waals surface area contributed by atoms with Gasteiger partial charge in [-0.2, -0.15) is 0 Å². The van der Waals surface area contributed by atoms with Crippen LogP contribution >= 0.6 is 34.5 Å². The van der Waals surface area contributed by atoms with Gasteiger partial charge in [0.2, 0.25) is 5.91 Å². The van der Waals surface area contributed by atoms with Gasteiger partial charge in [-0.05, 0) is 49.4 Å². The van der Waals surface area contributed by atoms with E-state index in [0.29, 0.717) is 28.8 Å². The van der Waals surface area contributed by atoms with Crippen molar-refractivity contribution in [1.29, 1.82) is 0 Å². The molecule has 3 aliphatic rings. The Morgan fingerprint density at radius 1 is 1.25 bits per heavy atom. The van der Waals surface area contributed by atoms with Crippen molar-refractivity contribution in [2.45, 2.75) is 30.0 Å². The first kappa shape index (κ1) is 13.4. The molecular formula is C14H16Cl2N2OS. The molecule has 4 atom stereocenters. The lowest BCUT2D eigenvalue weighted by atomic mass is 10.0. The predicted octanol–water partition coefficient (Wildman–Crippen LogP) is 3.94. The highest BCUT2D eigenvalue weighted by atomic mass is 35.5. The highest BCUT2D eigenvalue weighted by Gasteiger charge is 2.65. The van der Waals surface area contributed by atoms with Crippen molar-refractivity contribution in [2.75, 3.05) is 5.32 Å². The zero-order valence-electron chi connectivity index (χ0n) is 10.9. The lowest BCUT2D eigenvalue weighted by Crippen LogP contribution is -2.15. The second-order valence-electron chi connectivity index (χ2n) is 6.22. The molecule has 6 heteroatoms. The van der Waals surface area contributed by atoms with Crippen LogP contribution in [0.15, 0.2) is 11.6 Å². The first-order valence-corrected chi connectivity index (χ1v) is 8.80. The Kier molecular flexibility index (Phi) is 3.06. The normalized spacial score (nSPS) is 40.8. The number of hydrogen-bond donors (Lipinski definition) is 1. The monoisotopic (exact) mass is 330 g/mol. The number of nitrogens with zero attached hydrogens (tertiary/aromatic N) is 1. The molecule has 0 aromatic carbocycles. The molecular weight excluding hydrogens is 315 g/mol. The van der Waals surface area contributed by atoms with E-state index in [1.807, 2.05) is 5.38 Å². The second kappa shape index (κ2) is 4.59. The van der Waals surface area contributed by atoms with Crippen molar-refractivity contribution in [3.63, 3.8) is 0 Å². The molecule has 0 spiro atoms. The summed E-state index contributed by atoms with van der Waals surface area (Å²) < 4.78 is -0.477. The van der Waals surface area contributed by atoms with Crippen LogP contribution in [0.5, 0.6) is 0 Å². The number of fused-ring (bicyclic) bond motifs is 2. The Bertz CT molecular complexity index is 511. The number of thiazole rings is 1. The minimum absolute atomic E-state index is 0.147. The summed E-state index contributed by atoms with van der Waals surface area (Å²) in [7, 11) is 0. The number of aromatic nitrogens is 1. The summed E-state index contributed by atoms with van der Waals surface area (Å²) in [5.74, 6) is 2.29. The Morgan fingerprint density at radius 3 is 2.45 bits per heavy atom. The lowest BCUT2D eigenvalue weighted by Gasteiger charge is -2.03. The maximum atomic E-state index is 12.3. The topological polar surface area (TPSA) is 42.0 Å². The van der Waals surface area contributed by atoms with E-state index in [1.165, 1.54) is 11.3 Å². The van der Waals surface area contributed by atoms with Gasteiger partial charge in [-0.1, -0.05) is 0 Å². The van der Waals surface area contributed by atoms with E-state index < -0.39 is 4.33 Å². The second-order valence-corrected chi connectivity index (χ2v) is 8.56. The maximum absolute atomic E-state index is 12.3. The first-order chi connectivity index (χ1) is 9.59. The first-order valence-electron chi connectivity index (χ1n) is 7.17. The number of rotatable bonds is 2. The van der Waals surface area contributed by atoms with E-state index in [0.717, 1.165) is 25.7 Å². The maximum Gasteiger partial charge on any atom is 0.229 e. The third-order valence-corrected chi connectivity index (χ3v) is 7.09. The molecule has 3 saturated carbocycles. The van der Waals surface area contributed by atoms with E-state index in [2.05, 4.69) is 10.3 Å². The van der Waals surface area contributed by atoms with Crippen molar-refractivity contribution in [1.82, 2.24) is 4.98 Å². The zero-order chi connectivity index (χ0) is 13.9. The summed E-state index contributed by atoms with van der Waals surface area (Å²) >= 11 is 14.1. The molecule has 20 heavy (non-hydrogen) atoms. The molecule has 108 valence electrons. The Morgan fingerprint density at radius 2 is 1.90 bits per heavy atom. The van der Waals surface area contributed by atoms with Gasteiger partial charge in [0.1, 0.15) is 4.33 Å². The van der Waals surface area contributed by atoms with Crippen molar-refractivity contribution < 1.29 is 4.79 Å². The van der Waals surface area contributed by atoms with Gasteiger partial charge in [-0.25, -0.2) is 4.98 Å². The smallest absolute Gasteiger partial charge is 0.229 e. The van der Waals surface area contributed by atoms with Gasteiger partial charge in [-0.15, -0.1) is 34.5 Å². The zero-order valence-corrected chi connectivity index (χ0v) is 13.2. The summed E-state index contributed by atoms with van der Waals surface area (Å²) in [5.41, 5.74) is 0. The van der Waals surface area contributed by atoms with Crippen LogP contribution in [0.3, 0.4) is 0 Å².